The van der Waals surface area contributed by atoms with Gasteiger partial charge in [-0.1, -0.05) is 0 Å². The Morgan fingerprint density at radius 1 is 1.39 bits per heavy atom. The van der Waals surface area contributed by atoms with E-state index in [9.17, 15) is 4.79 Å². The largest absolute Gasteiger partial charge is 0.397 e. The number of thiophene rings is 1. The van der Waals surface area contributed by atoms with Crippen LogP contribution in [0.1, 0.15) is 9.67 Å². The molecule has 7 heteroatoms. The fourth-order valence-electron chi connectivity index (χ4n) is 2.12. The first-order valence-corrected chi connectivity index (χ1v) is 6.38. The maximum absolute atomic E-state index is 11.2. The van der Waals surface area contributed by atoms with E-state index in [1.165, 1.54) is 11.3 Å². The summed E-state index contributed by atoms with van der Waals surface area (Å²) in [5.41, 5.74) is 11.4. The number of amides is 1. The van der Waals surface area contributed by atoms with E-state index >= 15 is 0 Å². The van der Waals surface area contributed by atoms with Crippen molar-refractivity contribution in [2.75, 3.05) is 37.9 Å². The summed E-state index contributed by atoms with van der Waals surface area (Å²) in [7, 11) is 3.33. The minimum absolute atomic E-state index is 0.0235. The highest BCUT2D eigenvalue weighted by Crippen LogP contribution is 2.34. The molecular weight excluding hydrogens is 254 g/mol. The Bertz CT molecular complexity index is 437. The number of nitrogen functional groups attached to an aromatic ring is 1. The van der Waals surface area contributed by atoms with Crippen LogP contribution in [0, 0.1) is 0 Å². The van der Waals surface area contributed by atoms with Crippen LogP contribution in [0.5, 0.6) is 0 Å². The van der Waals surface area contributed by atoms with E-state index in [0.29, 0.717) is 23.7 Å². The number of nitrogens with zero attached hydrogens (tertiary/aromatic N) is 1. The molecule has 1 aromatic heterocycles. The summed E-state index contributed by atoms with van der Waals surface area (Å²) in [5, 5.41) is 0.919. The predicted octanol–water partition coefficient (Wildman–Crippen LogP) is 0.279. The first-order valence-electron chi connectivity index (χ1n) is 5.56. The predicted molar refractivity (Wildman–Crippen MR) is 71.1 cm³/mol. The molecule has 1 aliphatic heterocycles. The first-order chi connectivity index (χ1) is 8.56. The maximum atomic E-state index is 11.2. The molecule has 2 rings (SSSR count). The molecule has 0 spiro atoms. The van der Waals surface area contributed by atoms with Crippen molar-refractivity contribution in [3.63, 3.8) is 0 Å². The van der Waals surface area contributed by atoms with Crippen molar-refractivity contribution in [2.24, 2.45) is 5.73 Å². The Balaban J connectivity index is 2.18. The summed E-state index contributed by atoms with van der Waals surface area (Å²) in [6, 6.07) is 1.77. The summed E-state index contributed by atoms with van der Waals surface area (Å²) >= 11 is 1.31. The topological polar surface area (TPSA) is 90.8 Å². The van der Waals surface area contributed by atoms with Gasteiger partial charge in [-0.15, -0.1) is 11.3 Å². The van der Waals surface area contributed by atoms with E-state index in [1.807, 2.05) is 0 Å². The zero-order valence-electron chi connectivity index (χ0n) is 10.4. The van der Waals surface area contributed by atoms with Crippen molar-refractivity contribution in [3.8, 4) is 0 Å². The van der Waals surface area contributed by atoms with Gasteiger partial charge in [0.25, 0.3) is 5.91 Å². The van der Waals surface area contributed by atoms with Crippen molar-refractivity contribution in [2.45, 2.75) is 12.2 Å². The number of methoxy groups -OCH3 is 2. The zero-order valence-corrected chi connectivity index (χ0v) is 11.2. The molecule has 0 aromatic carbocycles. The van der Waals surface area contributed by atoms with Crippen LogP contribution in [-0.4, -0.2) is 45.4 Å². The van der Waals surface area contributed by atoms with Gasteiger partial charge in [-0.05, 0) is 6.07 Å². The van der Waals surface area contributed by atoms with E-state index in [4.69, 9.17) is 20.9 Å². The van der Waals surface area contributed by atoms with Gasteiger partial charge in [0.05, 0.1) is 10.7 Å². The van der Waals surface area contributed by atoms with E-state index in [-0.39, 0.29) is 12.2 Å². The molecule has 1 fully saturated rings. The third-order valence-electron chi connectivity index (χ3n) is 3.10. The molecule has 1 aromatic rings. The van der Waals surface area contributed by atoms with E-state index in [2.05, 4.69) is 4.90 Å². The number of anilines is 2. The highest BCUT2D eigenvalue weighted by molar-refractivity contribution is 7.18. The lowest BCUT2D eigenvalue weighted by Gasteiger charge is -2.14. The number of ether oxygens (including phenoxy) is 2. The van der Waals surface area contributed by atoms with Crippen LogP contribution in [0.4, 0.5) is 10.7 Å². The van der Waals surface area contributed by atoms with Crippen LogP contribution >= 0.6 is 11.3 Å². The van der Waals surface area contributed by atoms with Crippen molar-refractivity contribution in [1.29, 1.82) is 0 Å². The lowest BCUT2D eigenvalue weighted by molar-refractivity contribution is -0.00461. The summed E-state index contributed by atoms with van der Waals surface area (Å²) in [6.45, 7) is 1.43. The van der Waals surface area contributed by atoms with Crippen LogP contribution in [0.3, 0.4) is 0 Å². The molecule has 1 saturated heterocycles. The second-order valence-electron chi connectivity index (χ2n) is 4.19. The lowest BCUT2D eigenvalue weighted by Crippen LogP contribution is -2.27. The van der Waals surface area contributed by atoms with Crippen LogP contribution in [-0.2, 0) is 9.47 Å². The summed E-state index contributed by atoms with van der Waals surface area (Å²) in [6.07, 6.45) is 0.0469. The quantitative estimate of drug-likeness (QED) is 0.820. The van der Waals surface area contributed by atoms with Gasteiger partial charge in [-0.25, -0.2) is 0 Å². The molecule has 1 aliphatic rings. The highest BCUT2D eigenvalue weighted by atomic mass is 32.1. The standard InChI is InChI=1S/C11H17N3O3S/c1-16-7-4-14(5-8(7)17-2)9-3-6(12)10(18-9)11(13)15/h3,7-8H,4-5,12H2,1-2H3,(H2,13,15). The van der Waals surface area contributed by atoms with Crippen LogP contribution in [0.25, 0.3) is 0 Å². The minimum Gasteiger partial charge on any atom is -0.397 e. The monoisotopic (exact) mass is 271 g/mol. The number of primary amides is 1. The van der Waals surface area contributed by atoms with Gasteiger partial charge in [0.2, 0.25) is 0 Å². The van der Waals surface area contributed by atoms with Crippen molar-refractivity contribution in [3.05, 3.63) is 10.9 Å². The third kappa shape index (κ3) is 2.29. The maximum Gasteiger partial charge on any atom is 0.260 e. The van der Waals surface area contributed by atoms with Gasteiger partial charge < -0.3 is 25.8 Å². The molecule has 100 valence electrons. The van der Waals surface area contributed by atoms with Gasteiger partial charge in [-0.2, -0.15) is 0 Å². The molecule has 2 unspecified atom stereocenters. The number of hydrogen-bond donors (Lipinski definition) is 2. The minimum atomic E-state index is -0.491. The summed E-state index contributed by atoms with van der Waals surface area (Å²) in [5.74, 6) is -0.491. The number of rotatable bonds is 4. The Kier molecular flexibility index (Phi) is 3.74. The Hall–Kier alpha value is -1.31. The summed E-state index contributed by atoms with van der Waals surface area (Å²) in [4.78, 5) is 13.7. The Morgan fingerprint density at radius 2 is 1.94 bits per heavy atom. The third-order valence-corrected chi connectivity index (χ3v) is 4.33. The lowest BCUT2D eigenvalue weighted by atomic mass is 10.3. The fourth-order valence-corrected chi connectivity index (χ4v) is 3.07. The average Bonchev–Trinajstić information content (AvgIpc) is 2.91. The van der Waals surface area contributed by atoms with Gasteiger partial charge in [-0.3, -0.25) is 4.79 Å². The van der Waals surface area contributed by atoms with E-state index < -0.39 is 5.91 Å². The Morgan fingerprint density at radius 3 is 2.33 bits per heavy atom. The fraction of sp³-hybridized carbons (Fsp3) is 0.545. The molecule has 18 heavy (non-hydrogen) atoms. The van der Waals surface area contributed by atoms with Crippen molar-refractivity contribution < 1.29 is 14.3 Å². The number of hydrogen-bond acceptors (Lipinski definition) is 6. The van der Waals surface area contributed by atoms with Gasteiger partial charge >= 0.3 is 0 Å². The van der Waals surface area contributed by atoms with E-state index in [0.717, 1.165) is 5.00 Å². The zero-order chi connectivity index (χ0) is 13.3. The molecule has 6 nitrogen and oxygen atoms in total. The van der Waals surface area contributed by atoms with Crippen LogP contribution in [0.2, 0.25) is 0 Å². The normalized spacial score (nSPS) is 23.6. The van der Waals surface area contributed by atoms with Crippen LogP contribution < -0.4 is 16.4 Å². The van der Waals surface area contributed by atoms with E-state index in [1.54, 1.807) is 20.3 Å². The molecular formula is C11H17N3O3S. The molecule has 4 N–H and O–H groups in total. The van der Waals surface area contributed by atoms with Gasteiger partial charge in [0, 0.05) is 27.3 Å². The Labute approximate surface area is 109 Å². The molecule has 0 bridgehead atoms. The molecule has 2 atom stereocenters. The number of carbonyl (C=O) groups is 1. The second-order valence-corrected chi connectivity index (χ2v) is 5.22. The number of nitrogens with two attached hydrogens (primary N) is 2. The van der Waals surface area contributed by atoms with Gasteiger partial charge in [0.1, 0.15) is 17.1 Å². The first kappa shape index (κ1) is 13.1. The van der Waals surface area contributed by atoms with Crippen molar-refractivity contribution in [1.82, 2.24) is 0 Å². The second kappa shape index (κ2) is 5.13. The van der Waals surface area contributed by atoms with Gasteiger partial charge in [0.15, 0.2) is 0 Å². The smallest absolute Gasteiger partial charge is 0.260 e. The molecule has 0 saturated carbocycles. The number of carbonyl (C=O) groups excluding carboxylic acids is 1. The highest BCUT2D eigenvalue weighted by Gasteiger charge is 2.34. The van der Waals surface area contributed by atoms with Crippen LogP contribution in [0.15, 0.2) is 6.07 Å². The molecule has 0 aliphatic carbocycles. The average molecular weight is 271 g/mol. The molecule has 0 radical (unpaired) electrons. The summed E-state index contributed by atoms with van der Waals surface area (Å²) < 4.78 is 10.7. The molecule has 2 heterocycles. The molecule has 1 amide bonds. The SMILES string of the molecule is COC1CN(c2cc(N)c(C(N)=O)s2)CC1OC. The van der Waals surface area contributed by atoms with Crippen molar-refractivity contribution >= 4 is 27.9 Å².